The van der Waals surface area contributed by atoms with Gasteiger partial charge < -0.3 is 4.74 Å². The number of esters is 1. The lowest BCUT2D eigenvalue weighted by Crippen LogP contribution is -2.34. The molecule has 0 aliphatic heterocycles. The van der Waals surface area contributed by atoms with Crippen LogP contribution in [0.25, 0.3) is 0 Å². The fourth-order valence-corrected chi connectivity index (χ4v) is 3.80. The van der Waals surface area contributed by atoms with Crippen molar-refractivity contribution in [2.24, 2.45) is 0 Å². The molecule has 3 rings (SSSR count). The van der Waals surface area contributed by atoms with E-state index >= 15 is 0 Å². The number of aryl methyl sites for hydroxylation is 1. The van der Waals surface area contributed by atoms with Crippen molar-refractivity contribution in [3.63, 3.8) is 0 Å². The second-order valence-electron chi connectivity index (χ2n) is 8.80. The van der Waals surface area contributed by atoms with E-state index < -0.39 is 0 Å². The zero-order valence-corrected chi connectivity index (χ0v) is 17.2. The Morgan fingerprint density at radius 2 is 1.48 bits per heavy atom. The third-order valence-corrected chi connectivity index (χ3v) is 5.85. The summed E-state index contributed by atoms with van der Waals surface area (Å²) in [6.07, 6.45) is 2.40. The molecule has 2 aromatic rings. The molecule has 0 fully saturated rings. The number of ether oxygens (including phenoxy) is 1. The van der Waals surface area contributed by atoms with Gasteiger partial charge in [0, 0.05) is 11.1 Å². The topological polar surface area (TPSA) is 26.3 Å². The summed E-state index contributed by atoms with van der Waals surface area (Å²) < 4.78 is 4.74. The largest absolute Gasteiger partial charge is 0.465 e. The van der Waals surface area contributed by atoms with Crippen LogP contribution in [0.1, 0.15) is 78.7 Å². The van der Waals surface area contributed by atoms with Crippen LogP contribution >= 0.6 is 0 Å². The zero-order chi connectivity index (χ0) is 19.8. The Hall–Kier alpha value is -2.53. The molecule has 0 saturated carbocycles. The number of methoxy groups -OCH3 is 1. The third kappa shape index (κ3) is 3.78. The lowest BCUT2D eigenvalue weighted by atomic mass is 9.62. The van der Waals surface area contributed by atoms with Gasteiger partial charge in [0.1, 0.15) is 0 Å². The summed E-state index contributed by atoms with van der Waals surface area (Å²) in [7, 11) is 1.39. The smallest absolute Gasteiger partial charge is 0.337 e. The number of carbonyl (C=O) groups is 1. The van der Waals surface area contributed by atoms with Crippen LogP contribution in [0, 0.1) is 18.8 Å². The third-order valence-electron chi connectivity index (χ3n) is 5.85. The highest BCUT2D eigenvalue weighted by molar-refractivity contribution is 5.89. The van der Waals surface area contributed by atoms with Gasteiger partial charge in [0.05, 0.1) is 12.7 Å². The molecule has 0 radical (unpaired) electrons. The highest BCUT2D eigenvalue weighted by atomic mass is 16.5. The number of carbonyl (C=O) groups excluding carboxylic acids is 1. The summed E-state index contributed by atoms with van der Waals surface area (Å²) >= 11 is 0. The van der Waals surface area contributed by atoms with Crippen LogP contribution in [0.15, 0.2) is 36.4 Å². The Bertz CT molecular complexity index is 935. The van der Waals surface area contributed by atoms with Crippen LogP contribution in [0.4, 0.5) is 0 Å². The fraction of sp³-hybridized carbons (Fsp3) is 0.400. The van der Waals surface area contributed by atoms with Gasteiger partial charge in [-0.05, 0) is 77.6 Å². The van der Waals surface area contributed by atoms with Gasteiger partial charge in [-0.1, -0.05) is 45.6 Å². The lowest BCUT2D eigenvalue weighted by molar-refractivity contribution is 0.0600. The van der Waals surface area contributed by atoms with Crippen molar-refractivity contribution in [1.82, 2.24) is 0 Å². The molecule has 0 spiro atoms. The van der Waals surface area contributed by atoms with E-state index in [9.17, 15) is 4.79 Å². The molecule has 0 unspecified atom stereocenters. The summed E-state index contributed by atoms with van der Waals surface area (Å²) in [5.74, 6) is 6.25. The Morgan fingerprint density at radius 1 is 0.926 bits per heavy atom. The average Bonchev–Trinajstić information content (AvgIpc) is 2.64. The van der Waals surface area contributed by atoms with E-state index in [0.717, 1.165) is 11.1 Å². The van der Waals surface area contributed by atoms with Gasteiger partial charge in [-0.25, -0.2) is 4.79 Å². The van der Waals surface area contributed by atoms with Gasteiger partial charge in [-0.2, -0.15) is 0 Å². The van der Waals surface area contributed by atoms with Crippen LogP contribution in [-0.4, -0.2) is 13.1 Å². The molecule has 0 saturated heterocycles. The number of hydrogen-bond acceptors (Lipinski definition) is 2. The molecule has 0 aromatic heterocycles. The molecule has 0 N–H and O–H groups in total. The molecule has 2 heteroatoms. The Labute approximate surface area is 163 Å². The number of fused-ring (bicyclic) bond motifs is 1. The SMILES string of the molecule is COC(=O)c1ccc(C#Cc2cc3c(cc2C)C(C)(C)CCC3(C)C)cc1. The average molecular weight is 360 g/mol. The quantitative estimate of drug-likeness (QED) is 0.494. The van der Waals surface area contributed by atoms with Crippen molar-refractivity contribution in [2.75, 3.05) is 7.11 Å². The van der Waals surface area contributed by atoms with Gasteiger partial charge >= 0.3 is 5.97 Å². The first-order valence-electron chi connectivity index (χ1n) is 9.50. The monoisotopic (exact) mass is 360 g/mol. The number of rotatable bonds is 1. The maximum atomic E-state index is 11.5. The molecule has 0 heterocycles. The van der Waals surface area contributed by atoms with Crippen LogP contribution in [0.2, 0.25) is 0 Å². The van der Waals surface area contributed by atoms with Crippen LogP contribution in [0.3, 0.4) is 0 Å². The van der Waals surface area contributed by atoms with E-state index in [-0.39, 0.29) is 16.8 Å². The molecule has 2 nitrogen and oxygen atoms in total. The molecule has 2 aromatic carbocycles. The molecule has 27 heavy (non-hydrogen) atoms. The minimum Gasteiger partial charge on any atom is -0.465 e. The van der Waals surface area contributed by atoms with Crippen LogP contribution in [0.5, 0.6) is 0 Å². The summed E-state index contributed by atoms with van der Waals surface area (Å²) in [6.45, 7) is 11.5. The second kappa shape index (κ2) is 6.89. The van der Waals surface area contributed by atoms with E-state index in [2.05, 4.69) is 58.6 Å². The van der Waals surface area contributed by atoms with Gasteiger partial charge in [0.15, 0.2) is 0 Å². The predicted molar refractivity (Wildman–Crippen MR) is 110 cm³/mol. The Morgan fingerprint density at radius 3 is 2.04 bits per heavy atom. The molecule has 1 aliphatic carbocycles. The van der Waals surface area contributed by atoms with Crippen molar-refractivity contribution >= 4 is 5.97 Å². The van der Waals surface area contributed by atoms with Gasteiger partial charge in [-0.3, -0.25) is 0 Å². The van der Waals surface area contributed by atoms with E-state index in [1.165, 1.54) is 36.6 Å². The van der Waals surface area contributed by atoms with Crippen molar-refractivity contribution in [3.8, 4) is 11.8 Å². The molecule has 0 atom stereocenters. The van der Waals surface area contributed by atoms with E-state index in [1.807, 2.05) is 12.1 Å². The second-order valence-corrected chi connectivity index (χ2v) is 8.80. The minimum absolute atomic E-state index is 0.178. The number of hydrogen-bond donors (Lipinski definition) is 0. The highest BCUT2D eigenvalue weighted by Gasteiger charge is 2.37. The molecular weight excluding hydrogens is 332 g/mol. The lowest BCUT2D eigenvalue weighted by Gasteiger charge is -2.42. The first-order chi connectivity index (χ1) is 12.6. The fourth-order valence-electron chi connectivity index (χ4n) is 3.80. The minimum atomic E-state index is -0.329. The summed E-state index contributed by atoms with van der Waals surface area (Å²) in [6, 6.07) is 11.9. The maximum Gasteiger partial charge on any atom is 0.337 e. The van der Waals surface area contributed by atoms with Crippen molar-refractivity contribution in [2.45, 2.75) is 58.3 Å². The van der Waals surface area contributed by atoms with E-state index in [4.69, 9.17) is 4.74 Å². The molecular formula is C25H28O2. The van der Waals surface area contributed by atoms with Gasteiger partial charge in [-0.15, -0.1) is 0 Å². The first-order valence-corrected chi connectivity index (χ1v) is 9.50. The predicted octanol–water partition coefficient (Wildman–Crippen LogP) is 5.53. The zero-order valence-electron chi connectivity index (χ0n) is 17.2. The van der Waals surface area contributed by atoms with Crippen molar-refractivity contribution < 1.29 is 9.53 Å². The molecule has 0 bridgehead atoms. The summed E-state index contributed by atoms with van der Waals surface area (Å²) in [5, 5.41) is 0. The summed E-state index contributed by atoms with van der Waals surface area (Å²) in [4.78, 5) is 11.5. The Balaban J connectivity index is 1.98. The van der Waals surface area contributed by atoms with Crippen LogP contribution < -0.4 is 0 Å². The van der Waals surface area contributed by atoms with Gasteiger partial charge in [0.25, 0.3) is 0 Å². The summed E-state index contributed by atoms with van der Waals surface area (Å²) in [5.41, 5.74) is 7.01. The Kier molecular flexibility index (Phi) is 4.91. The molecule has 0 amide bonds. The van der Waals surface area contributed by atoms with Gasteiger partial charge in [0.2, 0.25) is 0 Å². The normalized spacial score (nSPS) is 16.7. The standard InChI is InChI=1S/C25H28O2/c1-17-15-21-22(25(4,5)14-13-24(21,2)3)16-20(17)12-9-18-7-10-19(11-8-18)23(26)27-6/h7-8,10-11,15-16H,13-14H2,1-6H3. The van der Waals surface area contributed by atoms with Crippen LogP contribution in [-0.2, 0) is 15.6 Å². The maximum absolute atomic E-state index is 11.5. The number of benzene rings is 2. The van der Waals surface area contributed by atoms with Crippen molar-refractivity contribution in [1.29, 1.82) is 0 Å². The van der Waals surface area contributed by atoms with E-state index in [1.54, 1.807) is 12.1 Å². The first kappa shape index (κ1) is 19.2. The highest BCUT2D eigenvalue weighted by Crippen LogP contribution is 2.46. The van der Waals surface area contributed by atoms with E-state index in [0.29, 0.717) is 5.56 Å². The molecule has 1 aliphatic rings. The van der Waals surface area contributed by atoms with Crippen molar-refractivity contribution in [3.05, 3.63) is 69.8 Å². The molecule has 140 valence electrons.